The normalized spacial score (nSPS) is 16.8. The number of hydrogen-bond acceptors (Lipinski definition) is 2. The van der Waals surface area contributed by atoms with Crippen LogP contribution in [0.25, 0.3) is 0 Å². The molecule has 0 spiro atoms. The summed E-state index contributed by atoms with van der Waals surface area (Å²) >= 11 is 0. The molecule has 3 nitrogen and oxygen atoms in total. The van der Waals surface area contributed by atoms with Crippen molar-refractivity contribution >= 4 is 5.84 Å². The van der Waals surface area contributed by atoms with Crippen LogP contribution in [0.5, 0.6) is 0 Å². The molecule has 1 saturated carbocycles. The van der Waals surface area contributed by atoms with Crippen LogP contribution < -0.4 is 5.73 Å². The van der Waals surface area contributed by atoms with Gasteiger partial charge < -0.3 is 10.6 Å². The number of amidine groups is 1. The standard InChI is InChI=1S/C15H23N3/c1-12-3-5-13(6-4-12)10-18(2)11-15(7-8-15)9-14(16)17/h3-6H,7-11H2,1-2H3,(H3,16,17). The highest BCUT2D eigenvalue weighted by Crippen LogP contribution is 2.49. The van der Waals surface area contributed by atoms with Crippen molar-refractivity contribution in [2.45, 2.75) is 32.7 Å². The van der Waals surface area contributed by atoms with Gasteiger partial charge in [0.1, 0.15) is 0 Å². The van der Waals surface area contributed by atoms with Gasteiger partial charge in [0.15, 0.2) is 0 Å². The summed E-state index contributed by atoms with van der Waals surface area (Å²) in [6.07, 6.45) is 3.18. The van der Waals surface area contributed by atoms with E-state index >= 15 is 0 Å². The molecule has 0 atom stereocenters. The Kier molecular flexibility index (Phi) is 3.71. The van der Waals surface area contributed by atoms with Crippen molar-refractivity contribution in [3.63, 3.8) is 0 Å². The molecule has 3 N–H and O–H groups in total. The van der Waals surface area contributed by atoms with E-state index in [9.17, 15) is 0 Å². The summed E-state index contributed by atoms with van der Waals surface area (Å²) in [5.41, 5.74) is 8.48. The van der Waals surface area contributed by atoms with E-state index in [-0.39, 0.29) is 0 Å². The average Bonchev–Trinajstić information content (AvgIpc) is 3.00. The maximum atomic E-state index is 7.44. The van der Waals surface area contributed by atoms with Gasteiger partial charge in [-0.25, -0.2) is 0 Å². The molecule has 0 aromatic heterocycles. The SMILES string of the molecule is Cc1ccc(CN(C)CC2(CC(=N)N)CC2)cc1. The molecule has 1 fully saturated rings. The van der Waals surface area contributed by atoms with Crippen LogP contribution in [0.3, 0.4) is 0 Å². The van der Waals surface area contributed by atoms with Gasteiger partial charge in [0.25, 0.3) is 0 Å². The molecule has 98 valence electrons. The summed E-state index contributed by atoms with van der Waals surface area (Å²) in [7, 11) is 2.15. The summed E-state index contributed by atoms with van der Waals surface area (Å²) in [4.78, 5) is 2.35. The molecule has 1 aliphatic rings. The van der Waals surface area contributed by atoms with Crippen LogP contribution in [-0.4, -0.2) is 24.3 Å². The lowest BCUT2D eigenvalue weighted by atomic mass is 10.0. The Morgan fingerprint density at radius 3 is 2.44 bits per heavy atom. The maximum Gasteiger partial charge on any atom is 0.0911 e. The van der Waals surface area contributed by atoms with Crippen LogP contribution in [0, 0.1) is 17.7 Å². The minimum absolute atomic E-state index is 0.297. The molecule has 0 saturated heterocycles. The van der Waals surface area contributed by atoms with Gasteiger partial charge in [-0.3, -0.25) is 5.41 Å². The average molecular weight is 245 g/mol. The molecular weight excluding hydrogens is 222 g/mol. The summed E-state index contributed by atoms with van der Waals surface area (Å²) < 4.78 is 0. The molecule has 1 aromatic rings. The van der Waals surface area contributed by atoms with E-state index in [4.69, 9.17) is 11.1 Å². The molecular formula is C15H23N3. The zero-order valence-electron chi connectivity index (χ0n) is 11.4. The lowest BCUT2D eigenvalue weighted by Gasteiger charge is -2.23. The molecule has 0 bridgehead atoms. The Bertz CT molecular complexity index is 418. The van der Waals surface area contributed by atoms with E-state index in [0.717, 1.165) is 19.5 Å². The maximum absolute atomic E-state index is 7.44. The minimum atomic E-state index is 0.297. The van der Waals surface area contributed by atoms with E-state index in [1.165, 1.54) is 24.0 Å². The quantitative estimate of drug-likeness (QED) is 0.598. The van der Waals surface area contributed by atoms with E-state index in [1.807, 2.05) is 0 Å². The number of nitrogens with zero attached hydrogens (tertiary/aromatic N) is 1. The highest BCUT2D eigenvalue weighted by molar-refractivity contribution is 5.78. The Labute approximate surface area is 109 Å². The predicted octanol–water partition coefficient (Wildman–Crippen LogP) is 2.53. The van der Waals surface area contributed by atoms with Crippen LogP contribution in [0.1, 0.15) is 30.4 Å². The first-order valence-corrected chi connectivity index (χ1v) is 6.56. The lowest BCUT2D eigenvalue weighted by Crippen LogP contribution is -2.29. The van der Waals surface area contributed by atoms with Crippen molar-refractivity contribution in [1.82, 2.24) is 4.90 Å². The fourth-order valence-electron chi connectivity index (χ4n) is 2.61. The van der Waals surface area contributed by atoms with Gasteiger partial charge in [0, 0.05) is 19.5 Å². The Hall–Kier alpha value is -1.35. The van der Waals surface area contributed by atoms with Crippen LogP contribution in [0.2, 0.25) is 0 Å². The Morgan fingerprint density at radius 2 is 1.94 bits per heavy atom. The number of nitrogens with two attached hydrogens (primary N) is 1. The second-order valence-corrected chi connectivity index (χ2v) is 5.86. The largest absolute Gasteiger partial charge is 0.388 e. The van der Waals surface area contributed by atoms with Gasteiger partial charge in [-0.15, -0.1) is 0 Å². The third-order valence-electron chi connectivity index (χ3n) is 3.70. The summed E-state index contributed by atoms with van der Waals surface area (Å²) in [5, 5.41) is 7.44. The van der Waals surface area contributed by atoms with Crippen molar-refractivity contribution in [2.24, 2.45) is 11.1 Å². The van der Waals surface area contributed by atoms with Gasteiger partial charge in [0.2, 0.25) is 0 Å². The predicted molar refractivity (Wildman–Crippen MR) is 75.7 cm³/mol. The topological polar surface area (TPSA) is 53.1 Å². The zero-order chi connectivity index (χ0) is 13.2. The fourth-order valence-corrected chi connectivity index (χ4v) is 2.61. The summed E-state index contributed by atoms with van der Waals surface area (Å²) in [6, 6.07) is 8.70. The molecule has 0 aliphatic heterocycles. The monoisotopic (exact) mass is 245 g/mol. The summed E-state index contributed by atoms with van der Waals surface area (Å²) in [5.74, 6) is 0.330. The van der Waals surface area contributed by atoms with Crippen molar-refractivity contribution in [3.05, 3.63) is 35.4 Å². The van der Waals surface area contributed by atoms with Gasteiger partial charge in [-0.05, 0) is 37.8 Å². The first-order valence-electron chi connectivity index (χ1n) is 6.56. The number of benzene rings is 1. The third-order valence-corrected chi connectivity index (χ3v) is 3.70. The van der Waals surface area contributed by atoms with Crippen molar-refractivity contribution in [2.75, 3.05) is 13.6 Å². The molecule has 1 aliphatic carbocycles. The second kappa shape index (κ2) is 5.11. The van der Waals surface area contributed by atoms with Crippen LogP contribution in [0.4, 0.5) is 0 Å². The van der Waals surface area contributed by atoms with Crippen molar-refractivity contribution in [1.29, 1.82) is 5.41 Å². The van der Waals surface area contributed by atoms with E-state index in [2.05, 4.69) is 43.1 Å². The third kappa shape index (κ3) is 3.57. The zero-order valence-corrected chi connectivity index (χ0v) is 11.4. The highest BCUT2D eigenvalue weighted by Gasteiger charge is 2.43. The van der Waals surface area contributed by atoms with Gasteiger partial charge in [-0.2, -0.15) is 0 Å². The van der Waals surface area contributed by atoms with E-state index in [0.29, 0.717) is 11.3 Å². The molecule has 0 amide bonds. The molecule has 0 unspecified atom stereocenters. The number of nitrogens with one attached hydrogen (secondary N) is 1. The molecule has 0 heterocycles. The molecule has 3 heteroatoms. The molecule has 0 radical (unpaired) electrons. The van der Waals surface area contributed by atoms with Gasteiger partial charge >= 0.3 is 0 Å². The van der Waals surface area contributed by atoms with Crippen molar-refractivity contribution < 1.29 is 0 Å². The van der Waals surface area contributed by atoms with Crippen LogP contribution in [0.15, 0.2) is 24.3 Å². The van der Waals surface area contributed by atoms with Gasteiger partial charge in [-0.1, -0.05) is 29.8 Å². The molecule has 18 heavy (non-hydrogen) atoms. The smallest absolute Gasteiger partial charge is 0.0911 e. The first-order chi connectivity index (χ1) is 8.49. The fraction of sp³-hybridized carbons (Fsp3) is 0.533. The second-order valence-electron chi connectivity index (χ2n) is 5.86. The number of rotatable bonds is 6. The molecule has 1 aromatic carbocycles. The molecule has 2 rings (SSSR count). The number of hydrogen-bond donors (Lipinski definition) is 2. The first kappa shape index (κ1) is 13.1. The lowest BCUT2D eigenvalue weighted by molar-refractivity contribution is 0.259. The highest BCUT2D eigenvalue weighted by atomic mass is 15.1. The van der Waals surface area contributed by atoms with Gasteiger partial charge in [0.05, 0.1) is 5.84 Å². The summed E-state index contributed by atoms with van der Waals surface area (Å²) in [6.45, 7) is 4.12. The van der Waals surface area contributed by atoms with Crippen molar-refractivity contribution in [3.8, 4) is 0 Å². The minimum Gasteiger partial charge on any atom is -0.388 e. The Morgan fingerprint density at radius 1 is 1.33 bits per heavy atom. The number of aryl methyl sites for hydroxylation is 1. The van der Waals surface area contributed by atoms with Crippen LogP contribution in [-0.2, 0) is 6.54 Å². The van der Waals surface area contributed by atoms with E-state index < -0.39 is 0 Å². The Balaban J connectivity index is 1.87. The van der Waals surface area contributed by atoms with Crippen LogP contribution >= 0.6 is 0 Å². The van der Waals surface area contributed by atoms with E-state index in [1.54, 1.807) is 0 Å².